The lowest BCUT2D eigenvalue weighted by Crippen LogP contribution is -2.61. The zero-order valence-corrected chi connectivity index (χ0v) is 12.9. The molecule has 21 heavy (non-hydrogen) atoms. The maximum atomic E-state index is 12.5. The fraction of sp³-hybridized carbons (Fsp3) is 0.588. The largest absolute Gasteiger partial charge is 0.360 e. The maximum absolute atomic E-state index is 12.5. The van der Waals surface area contributed by atoms with Gasteiger partial charge in [-0.15, -0.1) is 0 Å². The summed E-state index contributed by atoms with van der Waals surface area (Å²) in [5.74, 6) is 0.0738. The van der Waals surface area contributed by atoms with E-state index in [4.69, 9.17) is 4.74 Å². The van der Waals surface area contributed by atoms with Crippen LogP contribution in [0.5, 0.6) is 0 Å². The van der Waals surface area contributed by atoms with Gasteiger partial charge in [-0.25, -0.2) is 0 Å². The monoisotopic (exact) mass is 288 g/mol. The van der Waals surface area contributed by atoms with Crippen molar-refractivity contribution in [3.63, 3.8) is 0 Å². The SMILES string of the molecule is CCN1CCC2(CC1)CN(c1ccccc1)C(=O)[C@@H](C)O2. The van der Waals surface area contributed by atoms with Gasteiger partial charge in [-0.05, 0) is 38.4 Å². The highest BCUT2D eigenvalue weighted by Gasteiger charge is 2.45. The number of morpholine rings is 1. The molecule has 2 fully saturated rings. The van der Waals surface area contributed by atoms with Crippen LogP contribution in [0.3, 0.4) is 0 Å². The number of ether oxygens (including phenoxy) is 1. The molecule has 1 atom stereocenters. The van der Waals surface area contributed by atoms with Crippen LogP contribution in [-0.4, -0.2) is 48.7 Å². The van der Waals surface area contributed by atoms with E-state index in [2.05, 4.69) is 11.8 Å². The van der Waals surface area contributed by atoms with Crippen LogP contribution in [0.25, 0.3) is 0 Å². The minimum atomic E-state index is -0.355. The first-order valence-corrected chi connectivity index (χ1v) is 7.90. The molecule has 0 radical (unpaired) electrons. The van der Waals surface area contributed by atoms with E-state index in [1.54, 1.807) is 0 Å². The Kier molecular flexibility index (Phi) is 4.00. The van der Waals surface area contributed by atoms with Gasteiger partial charge in [-0.2, -0.15) is 0 Å². The van der Waals surface area contributed by atoms with Crippen molar-refractivity contribution in [2.45, 2.75) is 38.4 Å². The van der Waals surface area contributed by atoms with Gasteiger partial charge >= 0.3 is 0 Å². The fourth-order valence-corrected chi connectivity index (χ4v) is 3.43. The topological polar surface area (TPSA) is 32.8 Å². The number of benzene rings is 1. The Bertz CT molecular complexity index is 495. The number of likely N-dealkylation sites (tertiary alicyclic amines) is 1. The molecule has 2 heterocycles. The highest BCUT2D eigenvalue weighted by molar-refractivity contribution is 5.97. The predicted molar refractivity (Wildman–Crippen MR) is 83.4 cm³/mol. The number of hydrogen-bond acceptors (Lipinski definition) is 3. The van der Waals surface area contributed by atoms with Crippen molar-refractivity contribution in [1.29, 1.82) is 0 Å². The lowest BCUT2D eigenvalue weighted by molar-refractivity contribution is -0.161. The van der Waals surface area contributed by atoms with Gasteiger partial charge in [0.1, 0.15) is 6.10 Å². The zero-order valence-electron chi connectivity index (χ0n) is 12.9. The number of hydrogen-bond donors (Lipinski definition) is 0. The Balaban J connectivity index is 1.81. The average Bonchev–Trinajstić information content (AvgIpc) is 2.53. The first-order valence-electron chi connectivity index (χ1n) is 7.90. The molecule has 0 N–H and O–H groups in total. The van der Waals surface area contributed by atoms with Gasteiger partial charge in [0.05, 0.1) is 12.1 Å². The van der Waals surface area contributed by atoms with Crippen molar-refractivity contribution in [3.05, 3.63) is 30.3 Å². The van der Waals surface area contributed by atoms with Crippen LogP contribution in [0, 0.1) is 0 Å². The third kappa shape index (κ3) is 2.83. The number of amides is 1. The molecule has 0 aromatic heterocycles. The zero-order chi connectivity index (χ0) is 14.9. The van der Waals surface area contributed by atoms with Gasteiger partial charge in [0.15, 0.2) is 0 Å². The van der Waals surface area contributed by atoms with Crippen LogP contribution in [0.4, 0.5) is 5.69 Å². The summed E-state index contributed by atoms with van der Waals surface area (Å²) in [6, 6.07) is 9.95. The van der Waals surface area contributed by atoms with E-state index >= 15 is 0 Å². The number of carbonyl (C=O) groups excluding carboxylic acids is 1. The van der Waals surface area contributed by atoms with E-state index in [0.717, 1.165) is 38.2 Å². The summed E-state index contributed by atoms with van der Waals surface area (Å²) in [5, 5.41) is 0. The van der Waals surface area contributed by atoms with Crippen LogP contribution in [-0.2, 0) is 9.53 Å². The number of rotatable bonds is 2. The number of nitrogens with zero attached hydrogens (tertiary/aromatic N) is 2. The Labute approximate surface area is 126 Å². The summed E-state index contributed by atoms with van der Waals surface area (Å²) in [7, 11) is 0. The minimum Gasteiger partial charge on any atom is -0.360 e. The molecule has 4 heteroatoms. The molecule has 0 saturated carbocycles. The van der Waals surface area contributed by atoms with Gasteiger partial charge in [-0.3, -0.25) is 4.79 Å². The number of anilines is 1. The quantitative estimate of drug-likeness (QED) is 0.837. The molecule has 2 aliphatic heterocycles. The number of para-hydroxylation sites is 1. The molecule has 1 aromatic carbocycles. The minimum absolute atomic E-state index is 0.0738. The van der Waals surface area contributed by atoms with E-state index in [1.807, 2.05) is 42.2 Å². The highest BCUT2D eigenvalue weighted by Crippen LogP contribution is 2.34. The molecule has 1 spiro atoms. The van der Waals surface area contributed by atoms with Gasteiger partial charge in [0.25, 0.3) is 5.91 Å². The summed E-state index contributed by atoms with van der Waals surface area (Å²) < 4.78 is 6.15. The lowest BCUT2D eigenvalue weighted by atomic mass is 9.88. The highest BCUT2D eigenvalue weighted by atomic mass is 16.5. The number of piperidine rings is 1. The van der Waals surface area contributed by atoms with Gasteiger partial charge in [-0.1, -0.05) is 25.1 Å². The van der Waals surface area contributed by atoms with Gasteiger partial charge in [0, 0.05) is 18.8 Å². The fourth-order valence-electron chi connectivity index (χ4n) is 3.43. The molecule has 2 aliphatic rings. The molecule has 4 nitrogen and oxygen atoms in total. The van der Waals surface area contributed by atoms with E-state index in [9.17, 15) is 4.79 Å². The second kappa shape index (κ2) is 5.78. The smallest absolute Gasteiger partial charge is 0.255 e. The molecule has 2 saturated heterocycles. The Hall–Kier alpha value is -1.39. The molecule has 0 bridgehead atoms. The molecule has 3 rings (SSSR count). The molecule has 114 valence electrons. The Morgan fingerprint density at radius 3 is 2.52 bits per heavy atom. The number of carbonyl (C=O) groups is 1. The molecular weight excluding hydrogens is 264 g/mol. The van der Waals surface area contributed by atoms with Crippen molar-refractivity contribution >= 4 is 11.6 Å². The van der Waals surface area contributed by atoms with Crippen LogP contribution in [0.15, 0.2) is 30.3 Å². The van der Waals surface area contributed by atoms with Crippen molar-refractivity contribution in [2.75, 3.05) is 31.1 Å². The Morgan fingerprint density at radius 2 is 1.90 bits per heavy atom. The van der Waals surface area contributed by atoms with Crippen LogP contribution in [0.2, 0.25) is 0 Å². The Morgan fingerprint density at radius 1 is 1.24 bits per heavy atom. The first-order chi connectivity index (χ1) is 10.1. The maximum Gasteiger partial charge on any atom is 0.255 e. The molecule has 0 unspecified atom stereocenters. The summed E-state index contributed by atoms with van der Waals surface area (Å²) >= 11 is 0. The normalized spacial score (nSPS) is 26.3. The van der Waals surface area contributed by atoms with Gasteiger partial charge in [0.2, 0.25) is 0 Å². The summed E-state index contributed by atoms with van der Waals surface area (Å²) in [6.45, 7) is 7.96. The molecule has 1 amide bonds. The standard InChI is InChI=1S/C17H24N2O2/c1-3-18-11-9-17(10-12-18)13-19(16(20)14(2)21-17)15-7-5-4-6-8-15/h4-8,14H,3,9-13H2,1-2H3/t14-/m1/s1. The second-order valence-corrected chi connectivity index (χ2v) is 6.14. The summed E-state index contributed by atoms with van der Waals surface area (Å²) in [4.78, 5) is 16.8. The van der Waals surface area contributed by atoms with Crippen molar-refractivity contribution in [2.24, 2.45) is 0 Å². The van der Waals surface area contributed by atoms with E-state index in [-0.39, 0.29) is 17.6 Å². The van der Waals surface area contributed by atoms with Crippen LogP contribution in [0.1, 0.15) is 26.7 Å². The van der Waals surface area contributed by atoms with E-state index < -0.39 is 0 Å². The first kappa shape index (κ1) is 14.5. The van der Waals surface area contributed by atoms with Crippen molar-refractivity contribution < 1.29 is 9.53 Å². The average molecular weight is 288 g/mol. The van der Waals surface area contributed by atoms with E-state index in [0.29, 0.717) is 6.54 Å². The van der Waals surface area contributed by atoms with Crippen LogP contribution < -0.4 is 4.90 Å². The van der Waals surface area contributed by atoms with Crippen molar-refractivity contribution in [1.82, 2.24) is 4.90 Å². The molecule has 1 aromatic rings. The summed E-state index contributed by atoms with van der Waals surface area (Å²) in [5.41, 5.74) is 0.810. The third-order valence-electron chi connectivity index (χ3n) is 4.77. The van der Waals surface area contributed by atoms with Crippen molar-refractivity contribution in [3.8, 4) is 0 Å². The molecular formula is C17H24N2O2. The van der Waals surface area contributed by atoms with E-state index in [1.165, 1.54) is 0 Å². The third-order valence-corrected chi connectivity index (χ3v) is 4.77. The predicted octanol–water partition coefficient (Wildman–Crippen LogP) is 2.29. The lowest BCUT2D eigenvalue weighted by Gasteiger charge is -2.48. The van der Waals surface area contributed by atoms with Crippen LogP contribution >= 0.6 is 0 Å². The molecule has 0 aliphatic carbocycles. The second-order valence-electron chi connectivity index (χ2n) is 6.14. The van der Waals surface area contributed by atoms with Gasteiger partial charge < -0.3 is 14.5 Å². The summed E-state index contributed by atoms with van der Waals surface area (Å²) in [6.07, 6.45) is 1.65.